The molecule has 0 bridgehead atoms. The van der Waals surface area contributed by atoms with Crippen molar-refractivity contribution >= 4 is 23.7 Å². The van der Waals surface area contributed by atoms with E-state index in [2.05, 4.69) is 34.9 Å². The topological polar surface area (TPSA) is 116 Å². The highest BCUT2D eigenvalue weighted by Gasteiger charge is 2.48. The minimum atomic E-state index is -1.07. The van der Waals surface area contributed by atoms with Gasteiger partial charge in [-0.15, -0.1) is 0 Å². The van der Waals surface area contributed by atoms with Crippen molar-refractivity contribution in [3.05, 3.63) is 107 Å². The first kappa shape index (κ1) is 25.8. The number of nitrogens with zero attached hydrogens (tertiary/aromatic N) is 1. The van der Waals surface area contributed by atoms with Crippen molar-refractivity contribution in [1.29, 1.82) is 0 Å². The third-order valence-electron chi connectivity index (χ3n) is 8.35. The summed E-state index contributed by atoms with van der Waals surface area (Å²) in [5, 5.41) is 15.4. The maximum atomic E-state index is 13.5. The van der Waals surface area contributed by atoms with E-state index in [9.17, 15) is 24.3 Å². The molecule has 0 spiro atoms. The standard InChI is InChI=1S/C32H31N3O5/c36-29(33-27-15-23(27)19-7-3-1-4-8-19)25-17-35(31(38)21-11-13-22(14-12-21)32(39)40)18-26(25)30(37)34-28-16-24(28)20-9-5-2-6-10-20/h1-14,23-28H,15-18H2,(H,33,36)(H,34,37)(H,39,40)/t23-,24?,25-,26-,27+,28+/m1/s1. The van der Waals surface area contributed by atoms with Crippen molar-refractivity contribution in [2.45, 2.75) is 36.8 Å². The molecule has 1 saturated heterocycles. The molecule has 6 rings (SSSR count). The van der Waals surface area contributed by atoms with Gasteiger partial charge in [-0.05, 0) is 48.2 Å². The van der Waals surface area contributed by atoms with Crippen molar-refractivity contribution in [2.75, 3.05) is 13.1 Å². The molecule has 0 radical (unpaired) electrons. The van der Waals surface area contributed by atoms with E-state index in [1.165, 1.54) is 40.3 Å². The first-order valence-electron chi connectivity index (χ1n) is 13.7. The van der Waals surface area contributed by atoms with E-state index < -0.39 is 17.8 Å². The Morgan fingerprint density at radius 1 is 0.625 bits per heavy atom. The lowest BCUT2D eigenvalue weighted by Gasteiger charge is -2.18. The lowest BCUT2D eigenvalue weighted by atomic mass is 9.94. The van der Waals surface area contributed by atoms with E-state index in [4.69, 9.17) is 0 Å². The van der Waals surface area contributed by atoms with Gasteiger partial charge in [0.1, 0.15) is 0 Å². The fraction of sp³-hybridized carbons (Fsp3) is 0.312. The number of amides is 3. The van der Waals surface area contributed by atoms with Crippen molar-refractivity contribution in [3.8, 4) is 0 Å². The number of rotatable bonds is 8. The average Bonchev–Trinajstić information content (AvgIpc) is 3.88. The third kappa shape index (κ3) is 5.34. The predicted octanol–water partition coefficient (Wildman–Crippen LogP) is 3.42. The van der Waals surface area contributed by atoms with Crippen LogP contribution in [-0.4, -0.2) is 58.9 Å². The van der Waals surface area contributed by atoms with Gasteiger partial charge >= 0.3 is 5.97 Å². The second-order valence-corrected chi connectivity index (χ2v) is 11.0. The molecule has 6 atom stereocenters. The maximum Gasteiger partial charge on any atom is 0.335 e. The number of carbonyl (C=O) groups excluding carboxylic acids is 3. The minimum absolute atomic E-state index is 0.0119. The summed E-state index contributed by atoms with van der Waals surface area (Å²) < 4.78 is 0. The van der Waals surface area contributed by atoms with Crippen molar-refractivity contribution in [2.24, 2.45) is 11.8 Å². The molecule has 40 heavy (non-hydrogen) atoms. The highest BCUT2D eigenvalue weighted by Crippen LogP contribution is 2.42. The zero-order chi connectivity index (χ0) is 27.8. The lowest BCUT2D eigenvalue weighted by molar-refractivity contribution is -0.133. The van der Waals surface area contributed by atoms with E-state index in [0.29, 0.717) is 5.56 Å². The largest absolute Gasteiger partial charge is 0.478 e. The zero-order valence-electron chi connectivity index (χ0n) is 21.9. The van der Waals surface area contributed by atoms with Crippen LogP contribution in [0.3, 0.4) is 0 Å². The summed E-state index contributed by atoms with van der Waals surface area (Å²) >= 11 is 0. The smallest absolute Gasteiger partial charge is 0.335 e. The quantitative estimate of drug-likeness (QED) is 0.407. The lowest BCUT2D eigenvalue weighted by Crippen LogP contribution is -2.43. The summed E-state index contributed by atoms with van der Waals surface area (Å²) in [6.45, 7) is 0.248. The SMILES string of the molecule is O=C(O)c1ccc(C(=O)N2C[C@@H](C(=O)N[C@H]3CC3c3ccccc3)[C@H](C(=O)N[C@H]3C[C@@H]3c3ccccc3)C2)cc1. The summed E-state index contributed by atoms with van der Waals surface area (Å²) in [6, 6.07) is 25.8. The summed E-state index contributed by atoms with van der Waals surface area (Å²) in [5.41, 5.74) is 2.76. The molecule has 1 heterocycles. The molecule has 0 aromatic heterocycles. The summed E-state index contributed by atoms with van der Waals surface area (Å²) in [4.78, 5) is 53.1. The first-order valence-corrected chi connectivity index (χ1v) is 13.7. The normalized spacial score (nSPS) is 26.6. The van der Waals surface area contributed by atoms with E-state index in [-0.39, 0.29) is 60.3 Å². The number of carbonyl (C=O) groups is 4. The van der Waals surface area contributed by atoms with Gasteiger partial charge in [0.2, 0.25) is 11.8 Å². The van der Waals surface area contributed by atoms with Gasteiger partial charge in [-0.25, -0.2) is 4.79 Å². The number of benzene rings is 3. The van der Waals surface area contributed by atoms with Gasteiger partial charge in [-0.1, -0.05) is 60.7 Å². The second-order valence-electron chi connectivity index (χ2n) is 11.0. The maximum absolute atomic E-state index is 13.5. The molecule has 3 amide bonds. The number of likely N-dealkylation sites (tertiary alicyclic amines) is 1. The van der Waals surface area contributed by atoms with Crippen LogP contribution in [0.4, 0.5) is 0 Å². The molecule has 2 saturated carbocycles. The molecule has 3 aromatic carbocycles. The number of aromatic carboxylic acids is 1. The Balaban J connectivity index is 1.15. The van der Waals surface area contributed by atoms with E-state index >= 15 is 0 Å². The molecule has 1 aliphatic heterocycles. The zero-order valence-corrected chi connectivity index (χ0v) is 21.9. The highest BCUT2D eigenvalue weighted by atomic mass is 16.4. The molecule has 8 nitrogen and oxygen atoms in total. The Kier molecular flexibility index (Phi) is 6.84. The molecule has 2 aliphatic carbocycles. The van der Waals surface area contributed by atoms with Gasteiger partial charge in [0, 0.05) is 42.6 Å². The number of carboxylic acids is 1. The predicted molar refractivity (Wildman–Crippen MR) is 148 cm³/mol. The molecule has 1 unspecified atom stereocenters. The second kappa shape index (κ2) is 10.6. The van der Waals surface area contributed by atoms with Crippen molar-refractivity contribution < 1.29 is 24.3 Å². The molecular weight excluding hydrogens is 506 g/mol. The van der Waals surface area contributed by atoms with Gasteiger partial charge in [0.25, 0.3) is 5.91 Å². The molecule has 3 aliphatic rings. The Hall–Kier alpha value is -4.46. The van der Waals surface area contributed by atoms with Gasteiger partial charge in [0.05, 0.1) is 17.4 Å². The van der Waals surface area contributed by atoms with Gasteiger partial charge < -0.3 is 20.6 Å². The monoisotopic (exact) mass is 537 g/mol. The van der Waals surface area contributed by atoms with Crippen LogP contribution in [0.2, 0.25) is 0 Å². The average molecular weight is 538 g/mol. The summed E-state index contributed by atoms with van der Waals surface area (Å²) in [6.07, 6.45) is 1.69. The van der Waals surface area contributed by atoms with Crippen LogP contribution in [-0.2, 0) is 9.59 Å². The molecule has 3 N–H and O–H groups in total. The van der Waals surface area contributed by atoms with Gasteiger partial charge in [-0.3, -0.25) is 14.4 Å². The Labute approximate surface area is 232 Å². The first-order chi connectivity index (χ1) is 19.4. The Morgan fingerprint density at radius 3 is 1.48 bits per heavy atom. The summed E-state index contributed by atoms with van der Waals surface area (Å²) in [7, 11) is 0. The molecule has 8 heteroatoms. The summed E-state index contributed by atoms with van der Waals surface area (Å²) in [5.74, 6) is -2.67. The fourth-order valence-corrected chi connectivity index (χ4v) is 5.86. The van der Waals surface area contributed by atoms with Crippen molar-refractivity contribution in [3.63, 3.8) is 0 Å². The minimum Gasteiger partial charge on any atom is -0.478 e. The van der Waals surface area contributed by atoms with E-state index in [1.807, 2.05) is 36.4 Å². The molecule has 204 valence electrons. The van der Waals surface area contributed by atoms with E-state index in [1.54, 1.807) is 0 Å². The Morgan fingerprint density at radius 2 is 1.05 bits per heavy atom. The van der Waals surface area contributed by atoms with Crippen molar-refractivity contribution in [1.82, 2.24) is 15.5 Å². The fourth-order valence-electron chi connectivity index (χ4n) is 5.86. The van der Waals surface area contributed by atoms with Crippen LogP contribution in [0.1, 0.15) is 56.5 Å². The van der Waals surface area contributed by atoms with Crippen LogP contribution < -0.4 is 10.6 Å². The third-order valence-corrected chi connectivity index (χ3v) is 8.35. The van der Waals surface area contributed by atoms with Crippen LogP contribution >= 0.6 is 0 Å². The van der Waals surface area contributed by atoms with Crippen LogP contribution in [0.15, 0.2) is 84.9 Å². The van der Waals surface area contributed by atoms with Crippen LogP contribution in [0.5, 0.6) is 0 Å². The van der Waals surface area contributed by atoms with E-state index in [0.717, 1.165) is 12.8 Å². The Bertz CT molecular complexity index is 1350. The number of hydrogen-bond acceptors (Lipinski definition) is 4. The molecular formula is C32H31N3O5. The molecule has 3 fully saturated rings. The highest BCUT2D eigenvalue weighted by molar-refractivity contribution is 5.98. The number of nitrogens with one attached hydrogen (secondary N) is 2. The van der Waals surface area contributed by atoms with Crippen LogP contribution in [0.25, 0.3) is 0 Å². The van der Waals surface area contributed by atoms with Gasteiger partial charge in [0.15, 0.2) is 0 Å². The number of carboxylic acid groups (broad SMARTS) is 1. The molecule has 3 aromatic rings. The number of hydrogen-bond donors (Lipinski definition) is 3. The van der Waals surface area contributed by atoms with Gasteiger partial charge in [-0.2, -0.15) is 0 Å². The van der Waals surface area contributed by atoms with Crippen LogP contribution in [0, 0.1) is 11.8 Å².